The smallest absolute Gasteiger partial charge is 0.161 e. The minimum Gasteiger partial charge on any atom is -0.504 e. The summed E-state index contributed by atoms with van der Waals surface area (Å²) in [4.78, 5) is 0. The van der Waals surface area contributed by atoms with Crippen LogP contribution in [0.1, 0.15) is 22.4 Å². The molecule has 0 atom stereocenters. The third-order valence-electron chi connectivity index (χ3n) is 4.87. The van der Waals surface area contributed by atoms with Crippen molar-refractivity contribution in [2.45, 2.75) is 5.54 Å². The van der Waals surface area contributed by atoms with Gasteiger partial charge in [0.25, 0.3) is 0 Å². The van der Waals surface area contributed by atoms with Crippen molar-refractivity contribution in [2.75, 3.05) is 0 Å². The number of nitrogens with zero attached hydrogens (tertiary/aromatic N) is 2. The molecule has 0 aliphatic carbocycles. The fraction of sp³-hybridized carbons (Fsp3) is 0.0417. The molecule has 0 bridgehead atoms. The zero-order valence-corrected chi connectivity index (χ0v) is 14.9. The summed E-state index contributed by atoms with van der Waals surface area (Å²) >= 11 is 0. The lowest BCUT2D eigenvalue weighted by Gasteiger charge is -2.37. The molecule has 0 aliphatic heterocycles. The highest BCUT2D eigenvalue weighted by atomic mass is 16.3. The lowest BCUT2D eigenvalue weighted by atomic mass is 9.77. The van der Waals surface area contributed by atoms with E-state index in [9.17, 15) is 5.11 Å². The van der Waals surface area contributed by atoms with Crippen LogP contribution in [0.25, 0.3) is 6.08 Å². The molecule has 0 unspecified atom stereocenters. The minimum absolute atomic E-state index is 0.108. The fourth-order valence-corrected chi connectivity index (χ4v) is 3.71. The molecular formula is C24H20N2O. The van der Waals surface area contributed by atoms with Crippen molar-refractivity contribution >= 4 is 6.08 Å². The van der Waals surface area contributed by atoms with Crippen LogP contribution < -0.4 is 0 Å². The van der Waals surface area contributed by atoms with Crippen LogP contribution in [0, 0.1) is 0 Å². The lowest BCUT2D eigenvalue weighted by molar-refractivity contribution is 0.443. The quantitative estimate of drug-likeness (QED) is 0.509. The van der Waals surface area contributed by atoms with Gasteiger partial charge in [0.2, 0.25) is 0 Å². The summed E-state index contributed by atoms with van der Waals surface area (Å²) in [5.74, 6) is 0.108. The molecule has 4 aromatic rings. The number of aromatic nitrogens is 2. The highest BCUT2D eigenvalue weighted by Crippen LogP contribution is 2.42. The molecule has 132 valence electrons. The van der Waals surface area contributed by atoms with Crippen molar-refractivity contribution in [3.8, 4) is 5.75 Å². The van der Waals surface area contributed by atoms with Crippen molar-refractivity contribution < 1.29 is 5.11 Å². The zero-order valence-electron chi connectivity index (χ0n) is 14.9. The molecule has 0 saturated carbocycles. The molecule has 0 amide bonds. The van der Waals surface area contributed by atoms with Gasteiger partial charge in [-0.25, -0.2) is 4.68 Å². The molecule has 27 heavy (non-hydrogen) atoms. The van der Waals surface area contributed by atoms with Crippen LogP contribution in [0.5, 0.6) is 5.75 Å². The van der Waals surface area contributed by atoms with Crippen molar-refractivity contribution in [3.63, 3.8) is 0 Å². The van der Waals surface area contributed by atoms with E-state index in [0.29, 0.717) is 5.69 Å². The van der Waals surface area contributed by atoms with E-state index in [-0.39, 0.29) is 5.75 Å². The summed E-state index contributed by atoms with van der Waals surface area (Å²) in [6, 6.07) is 30.7. The van der Waals surface area contributed by atoms with Crippen molar-refractivity contribution in [1.82, 2.24) is 9.78 Å². The highest BCUT2D eigenvalue weighted by molar-refractivity contribution is 5.57. The van der Waals surface area contributed by atoms with E-state index in [2.05, 4.69) is 48.1 Å². The largest absolute Gasteiger partial charge is 0.504 e. The van der Waals surface area contributed by atoms with Gasteiger partial charge < -0.3 is 5.11 Å². The summed E-state index contributed by atoms with van der Waals surface area (Å²) in [7, 11) is 0. The van der Waals surface area contributed by atoms with Gasteiger partial charge in [0.05, 0.1) is 6.20 Å². The first-order valence-corrected chi connectivity index (χ1v) is 8.85. The zero-order chi connectivity index (χ0) is 18.7. The molecule has 0 saturated heterocycles. The van der Waals surface area contributed by atoms with Crippen molar-refractivity contribution in [1.29, 1.82) is 0 Å². The van der Waals surface area contributed by atoms with Crippen molar-refractivity contribution in [2.24, 2.45) is 0 Å². The fourth-order valence-electron chi connectivity index (χ4n) is 3.71. The van der Waals surface area contributed by atoms with Gasteiger partial charge >= 0.3 is 0 Å². The maximum Gasteiger partial charge on any atom is 0.161 e. The van der Waals surface area contributed by atoms with Crippen LogP contribution in [0.2, 0.25) is 0 Å². The van der Waals surface area contributed by atoms with Crippen molar-refractivity contribution in [3.05, 3.63) is 126 Å². The van der Waals surface area contributed by atoms with Crippen LogP contribution >= 0.6 is 0 Å². The van der Waals surface area contributed by atoms with Crippen LogP contribution in [0.15, 0.2) is 104 Å². The predicted molar refractivity (Wildman–Crippen MR) is 109 cm³/mol. The van der Waals surface area contributed by atoms with Gasteiger partial charge in [0, 0.05) is 0 Å². The highest BCUT2D eigenvalue weighted by Gasteiger charge is 2.40. The van der Waals surface area contributed by atoms with Gasteiger partial charge in [-0.2, -0.15) is 5.10 Å². The normalized spacial score (nSPS) is 11.3. The van der Waals surface area contributed by atoms with E-state index in [1.807, 2.05) is 59.3 Å². The van der Waals surface area contributed by atoms with Gasteiger partial charge in [-0.3, -0.25) is 0 Å². The van der Waals surface area contributed by atoms with Crippen LogP contribution in [-0.4, -0.2) is 14.9 Å². The summed E-state index contributed by atoms with van der Waals surface area (Å²) in [6.07, 6.45) is 3.12. The Balaban J connectivity index is 2.18. The van der Waals surface area contributed by atoms with Gasteiger partial charge in [0.15, 0.2) is 5.75 Å². The first-order chi connectivity index (χ1) is 13.3. The second kappa shape index (κ2) is 6.96. The molecule has 0 spiro atoms. The Hall–Kier alpha value is -3.59. The maximum atomic E-state index is 10.4. The predicted octanol–water partition coefficient (Wildman–Crippen LogP) is 5.07. The maximum absolute atomic E-state index is 10.4. The van der Waals surface area contributed by atoms with E-state index in [1.54, 1.807) is 6.08 Å². The Morgan fingerprint density at radius 2 is 1.15 bits per heavy atom. The Morgan fingerprint density at radius 3 is 1.52 bits per heavy atom. The molecule has 1 N–H and O–H groups in total. The third kappa shape index (κ3) is 2.64. The van der Waals surface area contributed by atoms with E-state index < -0.39 is 5.54 Å². The average molecular weight is 352 g/mol. The van der Waals surface area contributed by atoms with Gasteiger partial charge in [-0.1, -0.05) is 97.6 Å². The molecule has 0 radical (unpaired) electrons. The van der Waals surface area contributed by atoms with Crippen LogP contribution in [0.3, 0.4) is 0 Å². The lowest BCUT2D eigenvalue weighted by Crippen LogP contribution is -2.39. The summed E-state index contributed by atoms with van der Waals surface area (Å²) in [5.41, 5.74) is 2.98. The number of hydrogen-bond donors (Lipinski definition) is 1. The second-order valence-electron chi connectivity index (χ2n) is 6.34. The summed E-state index contributed by atoms with van der Waals surface area (Å²) in [5, 5.41) is 15.0. The van der Waals surface area contributed by atoms with Gasteiger partial charge in [-0.15, -0.1) is 0 Å². The van der Waals surface area contributed by atoms with Crippen LogP contribution in [0.4, 0.5) is 0 Å². The Kier molecular flexibility index (Phi) is 4.35. The molecule has 0 fully saturated rings. The SMILES string of the molecule is C=Cc1c(O)cnn1C(c1ccccc1)(c1ccccc1)c1ccccc1. The Labute approximate surface area is 158 Å². The standard InChI is InChI=1S/C24H20N2O/c1-2-22-23(27)18-25-26(22)24(19-12-6-3-7-13-19,20-14-8-4-9-15-20)21-16-10-5-11-17-21/h2-18,27H,1H2. The molecule has 3 heteroatoms. The number of rotatable bonds is 5. The summed E-state index contributed by atoms with van der Waals surface area (Å²) in [6.45, 7) is 3.90. The summed E-state index contributed by atoms with van der Waals surface area (Å²) < 4.78 is 1.86. The number of hydrogen-bond acceptors (Lipinski definition) is 2. The van der Waals surface area contributed by atoms with E-state index in [1.165, 1.54) is 6.20 Å². The third-order valence-corrected chi connectivity index (χ3v) is 4.87. The minimum atomic E-state index is -0.742. The second-order valence-corrected chi connectivity index (χ2v) is 6.34. The monoisotopic (exact) mass is 352 g/mol. The Morgan fingerprint density at radius 1 is 0.741 bits per heavy atom. The molecule has 3 nitrogen and oxygen atoms in total. The van der Waals surface area contributed by atoms with E-state index in [0.717, 1.165) is 16.7 Å². The number of benzene rings is 3. The first kappa shape index (κ1) is 16.9. The van der Waals surface area contributed by atoms with Crippen LogP contribution in [-0.2, 0) is 5.54 Å². The van der Waals surface area contributed by atoms with Gasteiger partial charge in [-0.05, 0) is 22.8 Å². The molecule has 1 heterocycles. The molecule has 0 aliphatic rings. The Bertz CT molecular complexity index is 941. The topological polar surface area (TPSA) is 38.1 Å². The van der Waals surface area contributed by atoms with Gasteiger partial charge in [0.1, 0.15) is 11.2 Å². The molecule has 4 rings (SSSR count). The van der Waals surface area contributed by atoms with E-state index >= 15 is 0 Å². The van der Waals surface area contributed by atoms with E-state index in [4.69, 9.17) is 0 Å². The first-order valence-electron chi connectivity index (χ1n) is 8.85. The molecular weight excluding hydrogens is 332 g/mol. The molecule has 3 aromatic carbocycles. The molecule has 1 aromatic heterocycles. The number of aromatic hydroxyl groups is 1. The average Bonchev–Trinajstić information content (AvgIpc) is 3.12.